The number of thiazole rings is 1. The number of hydrogen-bond acceptors (Lipinski definition) is 1. The molecule has 0 aliphatic heterocycles. The molecular formula is C9H7F3NSSe+. The molecule has 2 rings (SSSR count). The Hall–Kier alpha value is -0.581. The van der Waals surface area contributed by atoms with Gasteiger partial charge < -0.3 is 0 Å². The van der Waals surface area contributed by atoms with Crippen LogP contribution in [-0.4, -0.2) is 20.0 Å². The predicted octanol–water partition coefficient (Wildman–Crippen LogP) is 1.58. The van der Waals surface area contributed by atoms with Gasteiger partial charge in [-0.25, -0.2) is 0 Å². The zero-order valence-corrected chi connectivity index (χ0v) is 10.2. The summed E-state index contributed by atoms with van der Waals surface area (Å²) < 4.78 is 39.7. The summed E-state index contributed by atoms with van der Waals surface area (Å²) in [7, 11) is 1.68. The summed E-state index contributed by atoms with van der Waals surface area (Å²) in [5, 5.41) is -4.08. The molecule has 15 heavy (non-hydrogen) atoms. The minimum atomic E-state index is -4.08. The molecule has 0 amide bonds. The van der Waals surface area contributed by atoms with E-state index in [0.717, 1.165) is 10.2 Å². The Bertz CT molecular complexity index is 492. The van der Waals surface area contributed by atoms with Crippen LogP contribution in [0.4, 0.5) is 13.2 Å². The Morgan fingerprint density at radius 2 is 1.93 bits per heavy atom. The predicted molar refractivity (Wildman–Crippen MR) is 54.4 cm³/mol. The van der Waals surface area contributed by atoms with Crippen LogP contribution in [0.25, 0.3) is 10.2 Å². The van der Waals surface area contributed by atoms with E-state index >= 15 is 0 Å². The molecule has 0 radical (unpaired) electrons. The molecule has 80 valence electrons. The molecule has 0 saturated heterocycles. The van der Waals surface area contributed by atoms with Gasteiger partial charge in [0.1, 0.15) is 0 Å². The fourth-order valence-electron chi connectivity index (χ4n) is 1.27. The molecule has 0 saturated carbocycles. The average molecular weight is 297 g/mol. The molecule has 0 N–H and O–H groups in total. The Balaban J connectivity index is 2.49. The van der Waals surface area contributed by atoms with Crippen molar-refractivity contribution < 1.29 is 17.7 Å². The van der Waals surface area contributed by atoms with E-state index < -0.39 is 20.0 Å². The summed E-state index contributed by atoms with van der Waals surface area (Å²) in [5.41, 5.74) is 0.864. The first kappa shape index (κ1) is 10.9. The van der Waals surface area contributed by atoms with E-state index in [1.54, 1.807) is 11.6 Å². The number of nitrogens with zero attached hydrogens (tertiary/aromatic N) is 1. The monoisotopic (exact) mass is 298 g/mol. The van der Waals surface area contributed by atoms with Gasteiger partial charge in [-0.15, -0.1) is 0 Å². The SMILES string of the molecule is C[n+]1c([Se]C(F)(F)F)sc2ccccc21. The van der Waals surface area contributed by atoms with Gasteiger partial charge in [-0.2, -0.15) is 0 Å². The van der Waals surface area contributed by atoms with Gasteiger partial charge in [-0.05, 0) is 0 Å². The molecule has 0 atom stereocenters. The number of aryl methyl sites for hydroxylation is 1. The fourth-order valence-corrected chi connectivity index (χ4v) is 4.42. The second-order valence-corrected chi connectivity index (χ2v) is 6.77. The molecule has 0 aliphatic rings. The van der Waals surface area contributed by atoms with Crippen molar-refractivity contribution >= 4 is 40.4 Å². The third kappa shape index (κ3) is 2.33. The van der Waals surface area contributed by atoms with Crippen LogP contribution in [0.15, 0.2) is 24.3 Å². The van der Waals surface area contributed by atoms with Crippen LogP contribution in [0.5, 0.6) is 0 Å². The first-order chi connectivity index (χ1) is 6.97. The molecule has 0 aliphatic carbocycles. The van der Waals surface area contributed by atoms with E-state index in [1.165, 1.54) is 11.3 Å². The number of aromatic nitrogens is 1. The topological polar surface area (TPSA) is 3.88 Å². The van der Waals surface area contributed by atoms with Crippen molar-refractivity contribution in [3.8, 4) is 0 Å². The normalized spacial score (nSPS) is 12.3. The van der Waals surface area contributed by atoms with Gasteiger partial charge in [-0.1, -0.05) is 0 Å². The van der Waals surface area contributed by atoms with Gasteiger partial charge in [0, 0.05) is 0 Å². The summed E-state index contributed by atoms with van der Waals surface area (Å²) in [6.45, 7) is 0. The van der Waals surface area contributed by atoms with Crippen LogP contribution in [0, 0.1) is 0 Å². The molecule has 2 aromatic rings. The van der Waals surface area contributed by atoms with Crippen molar-refractivity contribution in [1.82, 2.24) is 0 Å². The minimum absolute atomic E-state index is 0.399. The summed E-state index contributed by atoms with van der Waals surface area (Å²) in [4.78, 5) is 0. The van der Waals surface area contributed by atoms with Gasteiger partial charge in [0.15, 0.2) is 0 Å². The van der Waals surface area contributed by atoms with Gasteiger partial charge in [-0.3, -0.25) is 0 Å². The maximum atomic E-state index is 12.3. The molecule has 1 nitrogen and oxygen atoms in total. The number of para-hydroxylation sites is 1. The van der Waals surface area contributed by atoms with Crippen molar-refractivity contribution in [3.63, 3.8) is 0 Å². The number of rotatable bonds is 1. The van der Waals surface area contributed by atoms with Crippen LogP contribution >= 0.6 is 11.3 Å². The Kier molecular flexibility index (Phi) is 2.75. The van der Waals surface area contributed by atoms with Crippen molar-refractivity contribution in [3.05, 3.63) is 24.3 Å². The van der Waals surface area contributed by atoms with Gasteiger partial charge >= 0.3 is 94.5 Å². The molecule has 1 heterocycles. The van der Waals surface area contributed by atoms with Crippen LogP contribution < -0.4 is 8.47 Å². The van der Waals surface area contributed by atoms with Crippen LogP contribution in [-0.2, 0) is 7.05 Å². The average Bonchev–Trinajstić information content (AvgIpc) is 2.42. The summed E-state index contributed by atoms with van der Waals surface area (Å²) >= 11 is -0.231. The molecule has 0 fully saturated rings. The maximum absolute atomic E-state index is 12.3. The molecule has 6 heteroatoms. The second kappa shape index (κ2) is 3.77. The van der Waals surface area contributed by atoms with Crippen LogP contribution in [0.1, 0.15) is 0 Å². The fraction of sp³-hybridized carbons (Fsp3) is 0.222. The first-order valence-electron chi connectivity index (χ1n) is 4.11. The molecule has 0 spiro atoms. The van der Waals surface area contributed by atoms with E-state index in [2.05, 4.69) is 0 Å². The van der Waals surface area contributed by atoms with Crippen molar-refractivity contribution in [2.24, 2.45) is 7.05 Å². The zero-order valence-electron chi connectivity index (χ0n) is 7.71. The number of alkyl halides is 3. The van der Waals surface area contributed by atoms with Crippen molar-refractivity contribution in [2.75, 3.05) is 0 Å². The molecule has 1 aromatic heterocycles. The Labute approximate surface area is 94.7 Å². The van der Waals surface area contributed by atoms with E-state index in [9.17, 15) is 13.2 Å². The molecule has 0 unspecified atom stereocenters. The second-order valence-electron chi connectivity index (χ2n) is 2.94. The standard InChI is InChI=1S/C9H7F3NSSe/c1-13-6-4-2-3-5-7(6)14-8(13)15-9(10,11)12/h2-5H,1H3/q+1. The van der Waals surface area contributed by atoms with Crippen molar-refractivity contribution in [1.29, 1.82) is 0 Å². The number of hydrogen-bond donors (Lipinski definition) is 0. The van der Waals surface area contributed by atoms with Gasteiger partial charge in [0.2, 0.25) is 0 Å². The summed E-state index contributed by atoms with van der Waals surface area (Å²) in [6.07, 6.45) is 0. The van der Waals surface area contributed by atoms with E-state index in [0.29, 0.717) is 3.91 Å². The van der Waals surface area contributed by atoms with E-state index in [1.807, 2.05) is 24.3 Å². The number of fused-ring (bicyclic) bond motifs is 1. The van der Waals surface area contributed by atoms with Gasteiger partial charge in [0.05, 0.1) is 0 Å². The van der Waals surface area contributed by atoms with Crippen LogP contribution in [0.3, 0.4) is 0 Å². The zero-order chi connectivity index (χ0) is 11.1. The summed E-state index contributed by atoms with van der Waals surface area (Å²) in [6, 6.07) is 7.35. The van der Waals surface area contributed by atoms with E-state index in [-0.39, 0.29) is 0 Å². The Morgan fingerprint density at radius 3 is 2.53 bits per heavy atom. The third-order valence-electron chi connectivity index (χ3n) is 1.90. The Morgan fingerprint density at radius 1 is 1.27 bits per heavy atom. The first-order valence-corrected chi connectivity index (χ1v) is 6.63. The van der Waals surface area contributed by atoms with Gasteiger partial charge in [0.25, 0.3) is 0 Å². The van der Waals surface area contributed by atoms with Crippen LogP contribution in [0.2, 0.25) is 0 Å². The van der Waals surface area contributed by atoms with E-state index in [4.69, 9.17) is 0 Å². The quantitative estimate of drug-likeness (QED) is 0.556. The van der Waals surface area contributed by atoms with Crippen molar-refractivity contribution in [2.45, 2.75) is 5.07 Å². The molecular weight excluding hydrogens is 290 g/mol. The number of benzene rings is 1. The molecule has 0 bridgehead atoms. The third-order valence-corrected chi connectivity index (χ3v) is 5.30. The summed E-state index contributed by atoms with van der Waals surface area (Å²) in [5.74, 6) is 0. The number of halogens is 3. The molecule has 1 aromatic carbocycles.